The highest BCUT2D eigenvalue weighted by atomic mass is 16.5. The predicted molar refractivity (Wildman–Crippen MR) is 85.9 cm³/mol. The molecule has 22 heavy (non-hydrogen) atoms. The van der Waals surface area contributed by atoms with Crippen LogP contribution in [0.5, 0.6) is 0 Å². The van der Waals surface area contributed by atoms with Gasteiger partial charge in [-0.1, -0.05) is 0 Å². The average molecular weight is 300 g/mol. The number of nitrogens with one attached hydrogen (secondary N) is 1. The van der Waals surface area contributed by atoms with Crippen molar-refractivity contribution in [3.05, 3.63) is 24.2 Å². The molecule has 4 rings (SSSR count). The van der Waals surface area contributed by atoms with Crippen molar-refractivity contribution < 1.29 is 4.74 Å². The van der Waals surface area contributed by atoms with Gasteiger partial charge in [0.1, 0.15) is 11.3 Å². The van der Waals surface area contributed by atoms with Crippen LogP contribution >= 0.6 is 0 Å². The molecule has 1 atom stereocenters. The molecular formula is C17H24N4O. The van der Waals surface area contributed by atoms with Crippen molar-refractivity contribution in [2.24, 2.45) is 5.92 Å². The Hall–Kier alpha value is -1.46. The molecule has 0 aliphatic carbocycles. The van der Waals surface area contributed by atoms with Crippen LogP contribution in [0.3, 0.4) is 0 Å². The van der Waals surface area contributed by atoms with Crippen molar-refractivity contribution in [2.75, 3.05) is 26.3 Å². The lowest BCUT2D eigenvalue weighted by atomic mass is 9.97. The Bertz CT molecular complexity index is 627. The molecule has 1 unspecified atom stereocenters. The molecule has 5 nitrogen and oxygen atoms in total. The second kappa shape index (κ2) is 6.34. The van der Waals surface area contributed by atoms with Crippen molar-refractivity contribution in [3.63, 3.8) is 0 Å². The fourth-order valence-electron chi connectivity index (χ4n) is 3.80. The van der Waals surface area contributed by atoms with E-state index in [1.165, 1.54) is 18.7 Å². The minimum Gasteiger partial charge on any atom is -0.381 e. The minimum atomic E-state index is 0.528. The number of ether oxygens (including phenoxy) is 1. The van der Waals surface area contributed by atoms with Crippen LogP contribution in [-0.4, -0.2) is 40.8 Å². The summed E-state index contributed by atoms with van der Waals surface area (Å²) in [6.07, 6.45) is 7.65. The number of piperidine rings is 1. The second-order valence-corrected chi connectivity index (χ2v) is 6.51. The largest absolute Gasteiger partial charge is 0.381 e. The summed E-state index contributed by atoms with van der Waals surface area (Å²) in [5, 5.41) is 3.45. The normalized spacial score (nSPS) is 23.9. The lowest BCUT2D eigenvalue weighted by Gasteiger charge is -2.27. The molecular weight excluding hydrogens is 276 g/mol. The zero-order chi connectivity index (χ0) is 14.8. The number of imidazole rings is 1. The zero-order valence-corrected chi connectivity index (χ0v) is 13.0. The highest BCUT2D eigenvalue weighted by molar-refractivity contribution is 5.71. The highest BCUT2D eigenvalue weighted by Gasteiger charge is 2.24. The summed E-state index contributed by atoms with van der Waals surface area (Å²) in [6, 6.07) is 4.59. The van der Waals surface area contributed by atoms with E-state index in [0.717, 1.165) is 56.7 Å². The van der Waals surface area contributed by atoms with Gasteiger partial charge in [0.2, 0.25) is 0 Å². The van der Waals surface area contributed by atoms with E-state index in [-0.39, 0.29) is 0 Å². The summed E-state index contributed by atoms with van der Waals surface area (Å²) in [5.41, 5.74) is 2.09. The fraction of sp³-hybridized carbons (Fsp3) is 0.647. The van der Waals surface area contributed by atoms with Gasteiger partial charge >= 0.3 is 0 Å². The molecule has 118 valence electrons. The molecule has 2 fully saturated rings. The van der Waals surface area contributed by atoms with Crippen LogP contribution in [0.15, 0.2) is 18.3 Å². The number of pyridine rings is 1. The van der Waals surface area contributed by atoms with E-state index in [1.54, 1.807) is 0 Å². The van der Waals surface area contributed by atoms with Gasteiger partial charge in [0.05, 0.1) is 0 Å². The molecule has 1 N–H and O–H groups in total. The molecule has 2 aromatic heterocycles. The molecule has 0 saturated carbocycles. The van der Waals surface area contributed by atoms with E-state index in [0.29, 0.717) is 12.0 Å². The van der Waals surface area contributed by atoms with Crippen LogP contribution < -0.4 is 5.32 Å². The van der Waals surface area contributed by atoms with Crippen LogP contribution in [0, 0.1) is 5.92 Å². The smallest absolute Gasteiger partial charge is 0.160 e. The van der Waals surface area contributed by atoms with Gasteiger partial charge in [-0.3, -0.25) is 0 Å². The Morgan fingerprint density at radius 2 is 2.18 bits per heavy atom. The molecule has 0 spiro atoms. The summed E-state index contributed by atoms with van der Waals surface area (Å²) in [4.78, 5) is 9.53. The molecule has 2 saturated heterocycles. The van der Waals surface area contributed by atoms with E-state index in [1.807, 2.05) is 12.3 Å². The third kappa shape index (κ3) is 2.75. The SMILES string of the molecule is c1cnc2c(c1)nc(CC1CCCOC1)n2C1CCNCC1. The lowest BCUT2D eigenvalue weighted by Crippen LogP contribution is -2.31. The Morgan fingerprint density at radius 3 is 3.00 bits per heavy atom. The third-order valence-electron chi connectivity index (χ3n) is 4.92. The number of rotatable bonds is 3. The number of aromatic nitrogens is 3. The van der Waals surface area contributed by atoms with Gasteiger partial charge in [0, 0.05) is 31.9 Å². The molecule has 5 heteroatoms. The summed E-state index contributed by atoms with van der Waals surface area (Å²) in [5.74, 6) is 1.81. The first-order valence-electron chi connectivity index (χ1n) is 8.52. The monoisotopic (exact) mass is 300 g/mol. The van der Waals surface area contributed by atoms with Crippen molar-refractivity contribution in [2.45, 2.75) is 38.1 Å². The molecule has 2 aromatic rings. The van der Waals surface area contributed by atoms with Crippen molar-refractivity contribution in [3.8, 4) is 0 Å². The highest BCUT2D eigenvalue weighted by Crippen LogP contribution is 2.28. The predicted octanol–water partition coefficient (Wildman–Crippen LogP) is 2.32. The van der Waals surface area contributed by atoms with E-state index in [4.69, 9.17) is 9.72 Å². The Morgan fingerprint density at radius 1 is 1.27 bits per heavy atom. The second-order valence-electron chi connectivity index (χ2n) is 6.51. The number of hydrogen-bond acceptors (Lipinski definition) is 4. The van der Waals surface area contributed by atoms with Crippen LogP contribution in [0.25, 0.3) is 11.2 Å². The first-order valence-corrected chi connectivity index (χ1v) is 8.52. The van der Waals surface area contributed by atoms with Gasteiger partial charge in [-0.25, -0.2) is 9.97 Å². The van der Waals surface area contributed by atoms with Gasteiger partial charge in [0.15, 0.2) is 5.65 Å². The average Bonchev–Trinajstić information content (AvgIpc) is 2.94. The number of hydrogen-bond donors (Lipinski definition) is 1. The molecule has 2 aliphatic heterocycles. The van der Waals surface area contributed by atoms with Gasteiger partial charge in [-0.2, -0.15) is 0 Å². The van der Waals surface area contributed by atoms with Crippen molar-refractivity contribution in [1.82, 2.24) is 19.9 Å². The van der Waals surface area contributed by atoms with Gasteiger partial charge in [-0.05, 0) is 56.8 Å². The number of nitrogens with zero attached hydrogens (tertiary/aromatic N) is 3. The Labute approximate surface area is 131 Å². The maximum atomic E-state index is 5.65. The first-order chi connectivity index (χ1) is 10.9. The molecule has 0 bridgehead atoms. The summed E-state index contributed by atoms with van der Waals surface area (Å²) in [7, 11) is 0. The van der Waals surface area contributed by atoms with Gasteiger partial charge in [0.25, 0.3) is 0 Å². The topological polar surface area (TPSA) is 52.0 Å². The van der Waals surface area contributed by atoms with E-state index in [9.17, 15) is 0 Å². The summed E-state index contributed by atoms with van der Waals surface area (Å²) < 4.78 is 8.07. The van der Waals surface area contributed by atoms with E-state index >= 15 is 0 Å². The van der Waals surface area contributed by atoms with Crippen LogP contribution in [-0.2, 0) is 11.2 Å². The summed E-state index contributed by atoms with van der Waals surface area (Å²) >= 11 is 0. The zero-order valence-electron chi connectivity index (χ0n) is 13.0. The minimum absolute atomic E-state index is 0.528. The maximum absolute atomic E-state index is 5.65. The van der Waals surface area contributed by atoms with E-state index < -0.39 is 0 Å². The van der Waals surface area contributed by atoms with Crippen LogP contribution in [0.4, 0.5) is 0 Å². The Balaban J connectivity index is 1.68. The molecule has 0 amide bonds. The fourth-order valence-corrected chi connectivity index (χ4v) is 3.80. The van der Waals surface area contributed by atoms with Crippen LogP contribution in [0.2, 0.25) is 0 Å². The van der Waals surface area contributed by atoms with Gasteiger partial charge < -0.3 is 14.6 Å². The van der Waals surface area contributed by atoms with Crippen LogP contribution in [0.1, 0.15) is 37.5 Å². The Kier molecular flexibility index (Phi) is 4.08. The van der Waals surface area contributed by atoms with E-state index in [2.05, 4.69) is 20.9 Å². The lowest BCUT2D eigenvalue weighted by molar-refractivity contribution is 0.0538. The molecule has 4 heterocycles. The molecule has 0 radical (unpaired) electrons. The molecule has 0 aromatic carbocycles. The molecule has 2 aliphatic rings. The van der Waals surface area contributed by atoms with Crippen molar-refractivity contribution in [1.29, 1.82) is 0 Å². The quantitative estimate of drug-likeness (QED) is 0.945. The standard InChI is InChI=1S/C17H24N4O/c1-4-15-17(19-7-1)21(14-5-8-18-9-6-14)16(20-15)11-13-3-2-10-22-12-13/h1,4,7,13-14,18H,2-3,5-6,8-12H2. The maximum Gasteiger partial charge on any atom is 0.160 e. The first kappa shape index (κ1) is 14.2. The van der Waals surface area contributed by atoms with Gasteiger partial charge in [-0.15, -0.1) is 0 Å². The van der Waals surface area contributed by atoms with Crippen molar-refractivity contribution >= 4 is 11.2 Å². The third-order valence-corrected chi connectivity index (χ3v) is 4.92. The summed E-state index contributed by atoms with van der Waals surface area (Å²) in [6.45, 7) is 3.97. The number of fused-ring (bicyclic) bond motifs is 1.